The number of carbonyl (C=O) groups is 1. The smallest absolute Gasteiger partial charge is 0.250 e. The molecule has 1 saturated heterocycles. The van der Waals surface area contributed by atoms with Crippen molar-refractivity contribution >= 4 is 5.91 Å². The van der Waals surface area contributed by atoms with Gasteiger partial charge in [0.1, 0.15) is 11.9 Å². The third-order valence-electron chi connectivity index (χ3n) is 3.74. The number of nitrogens with one attached hydrogen (secondary N) is 1. The first-order chi connectivity index (χ1) is 9.99. The van der Waals surface area contributed by atoms with Crippen molar-refractivity contribution in [2.24, 2.45) is 0 Å². The van der Waals surface area contributed by atoms with Crippen molar-refractivity contribution < 1.29 is 13.9 Å². The van der Waals surface area contributed by atoms with E-state index >= 15 is 0 Å². The maximum Gasteiger partial charge on any atom is 0.250 e. The Morgan fingerprint density at radius 1 is 1.48 bits per heavy atom. The Balaban J connectivity index is 2.05. The summed E-state index contributed by atoms with van der Waals surface area (Å²) in [5.74, 6) is -0.0168. The molecule has 0 saturated carbocycles. The lowest BCUT2D eigenvalue weighted by Gasteiger charge is -2.32. The molecule has 1 N–H and O–H groups in total. The van der Waals surface area contributed by atoms with Crippen LogP contribution in [0.3, 0.4) is 0 Å². The molecule has 0 aliphatic carbocycles. The first kappa shape index (κ1) is 15.9. The highest BCUT2D eigenvalue weighted by atomic mass is 19.1. The van der Waals surface area contributed by atoms with Gasteiger partial charge in [0.25, 0.3) is 0 Å². The molecule has 2 rings (SSSR count). The number of hydrogen-bond acceptors (Lipinski definition) is 3. The molecular weight excluding hydrogens is 271 g/mol. The summed E-state index contributed by atoms with van der Waals surface area (Å²) < 4.78 is 19.2. The lowest BCUT2D eigenvalue weighted by atomic mass is 10.0. The molecule has 0 spiro atoms. The second kappa shape index (κ2) is 7.00. The molecule has 1 atom stereocenters. The molecule has 0 bridgehead atoms. The Morgan fingerprint density at radius 2 is 2.24 bits per heavy atom. The Hall–Kier alpha value is -1.46. The number of nitrogens with zero attached hydrogens (tertiary/aromatic N) is 1. The average molecular weight is 294 g/mol. The van der Waals surface area contributed by atoms with Gasteiger partial charge in [0.05, 0.1) is 6.61 Å². The molecule has 0 radical (unpaired) electrons. The van der Waals surface area contributed by atoms with Crippen LogP contribution in [0, 0.1) is 5.82 Å². The van der Waals surface area contributed by atoms with E-state index in [0.29, 0.717) is 25.6 Å². The number of hydrogen-bond donors (Lipinski definition) is 1. The largest absolute Gasteiger partial charge is 0.366 e. The topological polar surface area (TPSA) is 41.6 Å². The van der Waals surface area contributed by atoms with Crippen molar-refractivity contribution in [3.8, 4) is 0 Å². The molecule has 116 valence electrons. The van der Waals surface area contributed by atoms with Crippen LogP contribution in [0.4, 0.5) is 4.39 Å². The van der Waals surface area contributed by atoms with Gasteiger partial charge >= 0.3 is 0 Å². The van der Waals surface area contributed by atoms with Crippen LogP contribution in [0.5, 0.6) is 0 Å². The van der Waals surface area contributed by atoms with E-state index in [4.69, 9.17) is 4.74 Å². The van der Waals surface area contributed by atoms with Gasteiger partial charge in [0, 0.05) is 26.7 Å². The predicted octanol–water partition coefficient (Wildman–Crippen LogP) is 1.90. The molecular formula is C16H23FN2O2. The van der Waals surface area contributed by atoms with E-state index in [1.54, 1.807) is 19.2 Å². The van der Waals surface area contributed by atoms with Gasteiger partial charge < -0.3 is 10.1 Å². The van der Waals surface area contributed by atoms with Crippen LogP contribution >= 0.6 is 0 Å². The Morgan fingerprint density at radius 3 is 2.90 bits per heavy atom. The molecule has 5 heteroatoms. The Labute approximate surface area is 125 Å². The van der Waals surface area contributed by atoms with Crippen molar-refractivity contribution in [1.82, 2.24) is 10.2 Å². The fraction of sp³-hybridized carbons (Fsp3) is 0.562. The average Bonchev–Trinajstić information content (AvgIpc) is 2.46. The number of amides is 1. The van der Waals surface area contributed by atoms with Crippen LogP contribution in [0.25, 0.3) is 0 Å². The summed E-state index contributed by atoms with van der Waals surface area (Å²) in [4.78, 5) is 13.8. The van der Waals surface area contributed by atoms with Crippen molar-refractivity contribution in [2.75, 3.05) is 26.7 Å². The quantitative estimate of drug-likeness (QED) is 0.922. The lowest BCUT2D eigenvalue weighted by Crippen LogP contribution is -2.48. The fourth-order valence-corrected chi connectivity index (χ4v) is 2.52. The van der Waals surface area contributed by atoms with Crippen LogP contribution in [0.1, 0.15) is 30.9 Å². The van der Waals surface area contributed by atoms with Crippen molar-refractivity contribution in [1.29, 1.82) is 0 Å². The molecule has 1 amide bonds. The number of carbonyl (C=O) groups excluding carboxylic acids is 1. The van der Waals surface area contributed by atoms with E-state index in [9.17, 15) is 9.18 Å². The van der Waals surface area contributed by atoms with Crippen LogP contribution in [0.15, 0.2) is 18.2 Å². The Bertz CT molecular complexity index is 505. The molecule has 1 fully saturated rings. The predicted molar refractivity (Wildman–Crippen MR) is 79.6 cm³/mol. The highest BCUT2D eigenvalue weighted by Crippen LogP contribution is 2.19. The van der Waals surface area contributed by atoms with E-state index in [2.05, 4.69) is 24.1 Å². The minimum Gasteiger partial charge on any atom is -0.366 e. The molecule has 4 nitrogen and oxygen atoms in total. The first-order valence-electron chi connectivity index (χ1n) is 7.34. The van der Waals surface area contributed by atoms with Crippen molar-refractivity contribution in [3.63, 3.8) is 0 Å². The molecule has 1 unspecified atom stereocenters. The third kappa shape index (κ3) is 4.25. The summed E-state index contributed by atoms with van der Waals surface area (Å²) >= 11 is 0. The summed E-state index contributed by atoms with van der Waals surface area (Å²) in [6.45, 7) is 6.54. The molecule has 1 aliphatic rings. The summed E-state index contributed by atoms with van der Waals surface area (Å²) in [5, 5.41) is 2.60. The number of rotatable bonds is 4. The maximum atomic E-state index is 13.7. The van der Waals surface area contributed by atoms with Gasteiger partial charge in [-0.15, -0.1) is 0 Å². The minimum absolute atomic E-state index is 0.109. The monoisotopic (exact) mass is 294 g/mol. The standard InChI is InChI=1S/C16H23FN2O2/c1-11(2)13-6-12(7-14(17)8-13)9-19-4-5-21-15(10-19)16(20)18-3/h6-8,11,15H,4-5,9-10H2,1-3H3,(H,18,20). The summed E-state index contributed by atoms with van der Waals surface area (Å²) in [5.41, 5.74) is 1.94. The van der Waals surface area contributed by atoms with Crippen LogP contribution in [-0.4, -0.2) is 43.7 Å². The third-order valence-corrected chi connectivity index (χ3v) is 3.74. The highest BCUT2D eigenvalue weighted by Gasteiger charge is 2.25. The minimum atomic E-state index is -0.443. The molecule has 21 heavy (non-hydrogen) atoms. The van der Waals surface area contributed by atoms with Crippen molar-refractivity contribution in [3.05, 3.63) is 35.1 Å². The second-order valence-corrected chi connectivity index (χ2v) is 5.76. The van der Waals surface area contributed by atoms with Gasteiger partial charge in [0.2, 0.25) is 5.91 Å². The van der Waals surface area contributed by atoms with Gasteiger partial charge in [0.15, 0.2) is 0 Å². The second-order valence-electron chi connectivity index (χ2n) is 5.76. The SMILES string of the molecule is CNC(=O)C1CN(Cc2cc(F)cc(C(C)C)c2)CCO1. The maximum absolute atomic E-state index is 13.7. The number of ether oxygens (including phenoxy) is 1. The number of morpholine rings is 1. The van der Waals surface area contributed by atoms with Gasteiger partial charge in [-0.1, -0.05) is 19.9 Å². The normalized spacial score (nSPS) is 19.8. The zero-order chi connectivity index (χ0) is 15.4. The van der Waals surface area contributed by atoms with E-state index in [0.717, 1.165) is 17.7 Å². The molecule has 1 aliphatic heterocycles. The van der Waals surface area contributed by atoms with E-state index in [-0.39, 0.29) is 11.7 Å². The highest BCUT2D eigenvalue weighted by molar-refractivity contribution is 5.80. The number of benzene rings is 1. The van der Waals surface area contributed by atoms with Gasteiger partial charge in [-0.05, 0) is 29.2 Å². The van der Waals surface area contributed by atoms with E-state index in [1.165, 1.54) is 0 Å². The van der Waals surface area contributed by atoms with Gasteiger partial charge in [-0.3, -0.25) is 9.69 Å². The zero-order valence-corrected chi connectivity index (χ0v) is 12.9. The molecule has 1 aromatic rings. The zero-order valence-electron chi connectivity index (χ0n) is 12.9. The van der Waals surface area contributed by atoms with Gasteiger partial charge in [-0.2, -0.15) is 0 Å². The molecule has 1 aromatic carbocycles. The van der Waals surface area contributed by atoms with Crippen LogP contribution in [0.2, 0.25) is 0 Å². The van der Waals surface area contributed by atoms with Gasteiger partial charge in [-0.25, -0.2) is 4.39 Å². The Kier molecular flexibility index (Phi) is 5.31. The lowest BCUT2D eigenvalue weighted by molar-refractivity contribution is -0.138. The summed E-state index contributed by atoms with van der Waals surface area (Å²) in [6, 6.07) is 5.19. The van der Waals surface area contributed by atoms with E-state index < -0.39 is 6.10 Å². The number of likely N-dealkylation sites (N-methyl/N-ethyl adjacent to an activating group) is 1. The molecule has 0 aromatic heterocycles. The first-order valence-corrected chi connectivity index (χ1v) is 7.34. The summed E-state index contributed by atoms with van der Waals surface area (Å²) in [7, 11) is 1.60. The number of halogens is 1. The fourth-order valence-electron chi connectivity index (χ4n) is 2.52. The van der Waals surface area contributed by atoms with Crippen LogP contribution < -0.4 is 5.32 Å². The van der Waals surface area contributed by atoms with Crippen LogP contribution in [-0.2, 0) is 16.1 Å². The summed E-state index contributed by atoms with van der Waals surface area (Å²) in [6.07, 6.45) is -0.443. The van der Waals surface area contributed by atoms with E-state index in [1.807, 2.05) is 6.07 Å². The molecule has 1 heterocycles. The van der Waals surface area contributed by atoms with Crippen molar-refractivity contribution in [2.45, 2.75) is 32.4 Å².